The number of likely N-dealkylation sites (tertiary alicyclic amines) is 1. The Kier molecular flexibility index (Phi) is 4.37. The van der Waals surface area contributed by atoms with E-state index in [1.807, 2.05) is 30.3 Å². The maximum atomic E-state index is 12.7. The maximum absolute atomic E-state index is 12.7. The molecule has 0 saturated carbocycles. The molecule has 1 fully saturated rings. The average molecular weight is 266 g/mol. The Morgan fingerprint density at radius 2 is 1.95 bits per heavy atom. The first-order valence-corrected chi connectivity index (χ1v) is 6.43. The summed E-state index contributed by atoms with van der Waals surface area (Å²) < 4.78 is 17.9. The van der Waals surface area contributed by atoms with Crippen molar-refractivity contribution in [1.82, 2.24) is 4.90 Å². The zero-order chi connectivity index (χ0) is 13.7. The second-order valence-electron chi connectivity index (χ2n) is 5.02. The fourth-order valence-electron chi connectivity index (χ4n) is 2.08. The Hall–Kier alpha value is -1.62. The predicted molar refractivity (Wildman–Crippen MR) is 70.3 cm³/mol. The maximum Gasteiger partial charge on any atom is 0.410 e. The molecule has 0 aliphatic carbocycles. The molecule has 1 aromatic carbocycles. The van der Waals surface area contributed by atoms with E-state index in [1.165, 1.54) is 0 Å². The molecular formula is C14H19FN2O2. The van der Waals surface area contributed by atoms with Crippen LogP contribution in [0.4, 0.5) is 9.18 Å². The molecule has 2 rings (SSSR count). The largest absolute Gasteiger partial charge is 0.445 e. The number of carbonyl (C=O) groups is 1. The highest BCUT2D eigenvalue weighted by Gasteiger charge is 2.32. The number of ether oxygens (including phenoxy) is 1. The van der Waals surface area contributed by atoms with E-state index >= 15 is 0 Å². The van der Waals surface area contributed by atoms with Crippen LogP contribution in [0.1, 0.15) is 18.4 Å². The van der Waals surface area contributed by atoms with Crippen LogP contribution in [0.2, 0.25) is 0 Å². The number of halogens is 1. The normalized spacial score (nSPS) is 18.1. The molecule has 1 aliphatic rings. The number of amides is 1. The molecule has 104 valence electrons. The number of nitrogens with zero attached hydrogens (tertiary/aromatic N) is 1. The van der Waals surface area contributed by atoms with E-state index < -0.39 is 12.2 Å². The van der Waals surface area contributed by atoms with Crippen molar-refractivity contribution in [2.24, 2.45) is 5.73 Å². The second-order valence-corrected chi connectivity index (χ2v) is 5.02. The van der Waals surface area contributed by atoms with Crippen molar-refractivity contribution < 1.29 is 13.9 Å². The number of hydrogen-bond acceptors (Lipinski definition) is 3. The van der Waals surface area contributed by atoms with Crippen molar-refractivity contribution in [1.29, 1.82) is 0 Å². The van der Waals surface area contributed by atoms with Gasteiger partial charge in [-0.1, -0.05) is 30.3 Å². The van der Waals surface area contributed by atoms with Gasteiger partial charge in [-0.2, -0.15) is 0 Å². The molecular weight excluding hydrogens is 247 g/mol. The van der Waals surface area contributed by atoms with Crippen molar-refractivity contribution in [3.63, 3.8) is 0 Å². The number of nitrogens with two attached hydrogens (primary N) is 1. The molecule has 5 heteroatoms. The number of piperidine rings is 1. The van der Waals surface area contributed by atoms with Gasteiger partial charge < -0.3 is 15.4 Å². The lowest BCUT2D eigenvalue weighted by Gasteiger charge is -2.36. The predicted octanol–water partition coefficient (Wildman–Crippen LogP) is 2.09. The molecule has 0 aromatic heterocycles. The lowest BCUT2D eigenvalue weighted by Crippen LogP contribution is -2.53. The van der Waals surface area contributed by atoms with Gasteiger partial charge >= 0.3 is 6.09 Å². The molecule has 1 aliphatic heterocycles. The highest BCUT2D eigenvalue weighted by atomic mass is 19.1. The standard InChI is InChI=1S/C14H19FN2O2/c15-11-14(16)6-8-17(9-7-14)13(18)19-10-12-4-2-1-3-5-12/h1-5H,6-11,16H2. The molecule has 0 spiro atoms. The SMILES string of the molecule is NC1(CF)CCN(C(=O)OCc2ccccc2)CC1. The molecule has 19 heavy (non-hydrogen) atoms. The Bertz CT molecular complexity index is 417. The summed E-state index contributed by atoms with van der Waals surface area (Å²) in [7, 11) is 0. The van der Waals surface area contributed by atoms with E-state index in [2.05, 4.69) is 0 Å². The highest BCUT2D eigenvalue weighted by molar-refractivity contribution is 5.67. The lowest BCUT2D eigenvalue weighted by molar-refractivity contribution is 0.0743. The molecule has 4 nitrogen and oxygen atoms in total. The Morgan fingerprint density at radius 3 is 2.53 bits per heavy atom. The average Bonchev–Trinajstić information content (AvgIpc) is 2.47. The van der Waals surface area contributed by atoms with Crippen LogP contribution >= 0.6 is 0 Å². The van der Waals surface area contributed by atoms with Crippen LogP contribution in [0.3, 0.4) is 0 Å². The summed E-state index contributed by atoms with van der Waals surface area (Å²) in [5, 5.41) is 0. The molecule has 0 atom stereocenters. The summed E-state index contributed by atoms with van der Waals surface area (Å²) in [6.45, 7) is 0.620. The van der Waals surface area contributed by atoms with Crippen molar-refractivity contribution in [2.75, 3.05) is 19.8 Å². The van der Waals surface area contributed by atoms with Crippen LogP contribution in [0.25, 0.3) is 0 Å². The first-order chi connectivity index (χ1) is 9.13. The quantitative estimate of drug-likeness (QED) is 0.911. The second kappa shape index (κ2) is 6.02. The fraction of sp³-hybridized carbons (Fsp3) is 0.500. The van der Waals surface area contributed by atoms with Crippen LogP contribution < -0.4 is 5.73 Å². The van der Waals surface area contributed by atoms with Crippen LogP contribution in [0.15, 0.2) is 30.3 Å². The number of carbonyl (C=O) groups excluding carboxylic acids is 1. The molecule has 1 amide bonds. The first-order valence-electron chi connectivity index (χ1n) is 6.43. The van der Waals surface area contributed by atoms with Gasteiger partial charge in [0, 0.05) is 18.6 Å². The highest BCUT2D eigenvalue weighted by Crippen LogP contribution is 2.20. The van der Waals surface area contributed by atoms with E-state index in [0.29, 0.717) is 25.9 Å². The van der Waals surface area contributed by atoms with Gasteiger partial charge in [0.15, 0.2) is 0 Å². The topological polar surface area (TPSA) is 55.6 Å². The molecule has 1 heterocycles. The van der Waals surface area contributed by atoms with E-state index in [0.717, 1.165) is 5.56 Å². The van der Waals surface area contributed by atoms with Gasteiger partial charge in [0.05, 0.1) is 0 Å². The van der Waals surface area contributed by atoms with Gasteiger partial charge in [-0.15, -0.1) is 0 Å². The van der Waals surface area contributed by atoms with Crippen molar-refractivity contribution in [2.45, 2.75) is 25.0 Å². The van der Waals surface area contributed by atoms with Crippen LogP contribution in [0.5, 0.6) is 0 Å². The molecule has 1 saturated heterocycles. The molecule has 0 radical (unpaired) electrons. The van der Waals surface area contributed by atoms with Crippen molar-refractivity contribution >= 4 is 6.09 Å². The number of alkyl halides is 1. The minimum atomic E-state index is -0.768. The van der Waals surface area contributed by atoms with E-state index in [1.54, 1.807) is 4.90 Å². The van der Waals surface area contributed by atoms with Gasteiger partial charge in [0.1, 0.15) is 13.3 Å². The summed E-state index contributed by atoms with van der Waals surface area (Å²) in [4.78, 5) is 13.4. The molecule has 2 N–H and O–H groups in total. The Balaban J connectivity index is 1.79. The zero-order valence-corrected chi connectivity index (χ0v) is 10.8. The third-order valence-corrected chi connectivity index (χ3v) is 3.49. The monoisotopic (exact) mass is 266 g/mol. The van der Waals surface area contributed by atoms with E-state index in [4.69, 9.17) is 10.5 Å². The molecule has 0 unspecified atom stereocenters. The smallest absolute Gasteiger partial charge is 0.410 e. The zero-order valence-electron chi connectivity index (χ0n) is 10.8. The van der Waals surface area contributed by atoms with Crippen molar-refractivity contribution in [3.8, 4) is 0 Å². The lowest BCUT2D eigenvalue weighted by atomic mass is 9.90. The van der Waals surface area contributed by atoms with Crippen LogP contribution in [-0.2, 0) is 11.3 Å². The summed E-state index contributed by atoms with van der Waals surface area (Å²) in [6.07, 6.45) is 0.596. The number of hydrogen-bond donors (Lipinski definition) is 1. The third-order valence-electron chi connectivity index (χ3n) is 3.49. The van der Waals surface area contributed by atoms with Gasteiger partial charge in [0.25, 0.3) is 0 Å². The summed E-state index contributed by atoms with van der Waals surface area (Å²) in [5.74, 6) is 0. The van der Waals surface area contributed by atoms with Crippen molar-refractivity contribution in [3.05, 3.63) is 35.9 Å². The summed E-state index contributed by atoms with van der Waals surface area (Å²) in [6, 6.07) is 9.50. The summed E-state index contributed by atoms with van der Waals surface area (Å²) >= 11 is 0. The minimum absolute atomic E-state index is 0.257. The van der Waals surface area contributed by atoms with E-state index in [9.17, 15) is 9.18 Å². The van der Waals surface area contributed by atoms with Gasteiger partial charge in [0.2, 0.25) is 0 Å². The molecule has 0 bridgehead atoms. The fourth-order valence-corrected chi connectivity index (χ4v) is 2.08. The third kappa shape index (κ3) is 3.67. The Labute approximate surface area is 112 Å². The minimum Gasteiger partial charge on any atom is -0.445 e. The van der Waals surface area contributed by atoms with Crippen LogP contribution in [-0.4, -0.2) is 36.3 Å². The number of rotatable bonds is 3. The summed E-state index contributed by atoms with van der Waals surface area (Å²) in [5.41, 5.74) is 6.01. The van der Waals surface area contributed by atoms with E-state index in [-0.39, 0.29) is 12.7 Å². The van der Waals surface area contributed by atoms with Crippen LogP contribution in [0, 0.1) is 0 Å². The van der Waals surface area contributed by atoms with Gasteiger partial charge in [-0.25, -0.2) is 9.18 Å². The van der Waals surface area contributed by atoms with Gasteiger partial charge in [-0.3, -0.25) is 0 Å². The van der Waals surface area contributed by atoms with Gasteiger partial charge in [-0.05, 0) is 18.4 Å². The molecule has 1 aromatic rings. The number of benzene rings is 1. The Morgan fingerprint density at radius 1 is 1.32 bits per heavy atom. The first kappa shape index (κ1) is 13.8.